The number of hydrogen-bond acceptors (Lipinski definition) is 3. The average molecular weight is 338 g/mol. The van der Waals surface area contributed by atoms with Gasteiger partial charge < -0.3 is 9.47 Å². The van der Waals surface area contributed by atoms with Crippen LogP contribution in [0.3, 0.4) is 0 Å². The summed E-state index contributed by atoms with van der Waals surface area (Å²) in [7, 11) is 0. The quantitative estimate of drug-likeness (QED) is 0.536. The van der Waals surface area contributed by atoms with E-state index in [1.807, 2.05) is 0 Å². The minimum Gasteiger partial charge on any atom is -0.453 e. The van der Waals surface area contributed by atoms with Gasteiger partial charge in [0.15, 0.2) is 12.2 Å². The first-order valence-electron chi connectivity index (χ1n) is 6.66. The lowest BCUT2D eigenvalue weighted by molar-refractivity contribution is -0.245. The van der Waals surface area contributed by atoms with Gasteiger partial charge in [0.2, 0.25) is 0 Å². The van der Waals surface area contributed by atoms with Gasteiger partial charge in [0.1, 0.15) is 0 Å². The zero-order valence-electron chi connectivity index (χ0n) is 12.9. The molecule has 0 bridgehead atoms. The highest BCUT2D eigenvalue weighted by molar-refractivity contribution is 5.77. The summed E-state index contributed by atoms with van der Waals surface area (Å²) in [6.07, 6.45) is -15.2. The molecule has 4 atom stereocenters. The van der Waals surface area contributed by atoms with Crippen molar-refractivity contribution in [3.8, 4) is 0 Å². The van der Waals surface area contributed by atoms with E-state index in [4.69, 9.17) is 4.74 Å². The SMILES string of the molecule is CCC(C)(C(=O)OC(C)C(F)(F)F)C(C)OC(C)C(F)(F)F. The molecule has 0 amide bonds. The Hall–Kier alpha value is -0.990. The van der Waals surface area contributed by atoms with Gasteiger partial charge in [-0.15, -0.1) is 0 Å². The van der Waals surface area contributed by atoms with Crippen LogP contribution in [0.5, 0.6) is 0 Å². The predicted molar refractivity (Wildman–Crippen MR) is 66.1 cm³/mol. The summed E-state index contributed by atoms with van der Waals surface area (Å²) in [5.41, 5.74) is -1.63. The van der Waals surface area contributed by atoms with Crippen LogP contribution in [0.1, 0.15) is 41.0 Å². The maximum atomic E-state index is 12.5. The van der Waals surface area contributed by atoms with Gasteiger partial charge in [-0.2, -0.15) is 26.3 Å². The molecular formula is C13H20F6O3. The molecular weight excluding hydrogens is 318 g/mol. The number of carbonyl (C=O) groups is 1. The molecule has 0 N–H and O–H groups in total. The zero-order valence-corrected chi connectivity index (χ0v) is 12.9. The standard InChI is InChI=1S/C13H20F6O3/c1-6-11(5,7(2)21-8(3)12(14,15)16)10(20)22-9(4)13(17,18)19/h7-9H,6H2,1-5H3. The van der Waals surface area contributed by atoms with Crippen molar-refractivity contribution in [3.63, 3.8) is 0 Å². The van der Waals surface area contributed by atoms with E-state index in [0.29, 0.717) is 6.92 Å². The van der Waals surface area contributed by atoms with Crippen molar-refractivity contribution in [2.45, 2.75) is 71.7 Å². The number of alkyl halides is 6. The molecule has 22 heavy (non-hydrogen) atoms. The van der Waals surface area contributed by atoms with Crippen molar-refractivity contribution in [1.82, 2.24) is 0 Å². The van der Waals surface area contributed by atoms with Gasteiger partial charge in [-0.1, -0.05) is 6.92 Å². The second kappa shape index (κ2) is 7.06. The Morgan fingerprint density at radius 3 is 1.64 bits per heavy atom. The smallest absolute Gasteiger partial charge is 0.425 e. The van der Waals surface area contributed by atoms with Crippen LogP contribution in [0, 0.1) is 5.41 Å². The van der Waals surface area contributed by atoms with Crippen LogP contribution in [0.2, 0.25) is 0 Å². The second-order valence-corrected chi connectivity index (χ2v) is 5.32. The van der Waals surface area contributed by atoms with Crippen LogP contribution in [-0.2, 0) is 14.3 Å². The molecule has 4 unspecified atom stereocenters. The summed E-state index contributed by atoms with van der Waals surface area (Å²) >= 11 is 0. The zero-order chi connectivity index (χ0) is 17.9. The van der Waals surface area contributed by atoms with Crippen molar-refractivity contribution >= 4 is 5.97 Å². The second-order valence-electron chi connectivity index (χ2n) is 5.32. The molecule has 0 heterocycles. The minimum atomic E-state index is -4.74. The van der Waals surface area contributed by atoms with Crippen LogP contribution >= 0.6 is 0 Å². The number of esters is 1. The molecule has 0 aromatic rings. The third-order valence-electron chi connectivity index (χ3n) is 3.71. The summed E-state index contributed by atoms with van der Waals surface area (Å²) in [5.74, 6) is -1.25. The Bertz CT molecular complexity index is 379. The normalized spacial score (nSPS) is 20.0. The number of hydrogen-bond donors (Lipinski definition) is 0. The lowest BCUT2D eigenvalue weighted by Gasteiger charge is -2.35. The van der Waals surface area contributed by atoms with Crippen molar-refractivity contribution in [2.24, 2.45) is 5.41 Å². The van der Waals surface area contributed by atoms with Crippen molar-refractivity contribution in [2.75, 3.05) is 0 Å². The van der Waals surface area contributed by atoms with E-state index in [0.717, 1.165) is 6.92 Å². The average Bonchev–Trinajstić information content (AvgIpc) is 2.34. The third kappa shape index (κ3) is 5.33. The molecule has 9 heteroatoms. The van der Waals surface area contributed by atoms with Gasteiger partial charge >= 0.3 is 18.3 Å². The highest BCUT2D eigenvalue weighted by atomic mass is 19.4. The van der Waals surface area contributed by atoms with E-state index in [1.165, 1.54) is 20.8 Å². The Labute approximate surface area is 125 Å². The van der Waals surface area contributed by atoms with Gasteiger partial charge in [-0.3, -0.25) is 4.79 Å². The summed E-state index contributed by atoms with van der Waals surface area (Å²) in [4.78, 5) is 11.9. The lowest BCUT2D eigenvalue weighted by atomic mass is 9.82. The van der Waals surface area contributed by atoms with Crippen LogP contribution < -0.4 is 0 Å². The fraction of sp³-hybridized carbons (Fsp3) is 0.923. The van der Waals surface area contributed by atoms with Crippen LogP contribution in [-0.4, -0.2) is 36.6 Å². The van der Waals surface area contributed by atoms with Gasteiger partial charge in [0.25, 0.3) is 0 Å². The van der Waals surface area contributed by atoms with Gasteiger partial charge in [-0.05, 0) is 34.1 Å². The summed E-state index contributed by atoms with van der Waals surface area (Å²) in [6.45, 7) is 5.28. The largest absolute Gasteiger partial charge is 0.453 e. The Morgan fingerprint density at radius 1 is 0.909 bits per heavy atom. The lowest BCUT2D eigenvalue weighted by Crippen LogP contribution is -2.46. The molecule has 0 aromatic heterocycles. The number of carbonyl (C=O) groups excluding carboxylic acids is 1. The van der Waals surface area contributed by atoms with Gasteiger partial charge in [0.05, 0.1) is 11.5 Å². The summed E-state index contributed by atoms with van der Waals surface area (Å²) in [5, 5.41) is 0. The van der Waals surface area contributed by atoms with E-state index < -0.39 is 42.0 Å². The van der Waals surface area contributed by atoms with Crippen LogP contribution in [0.4, 0.5) is 26.3 Å². The van der Waals surface area contributed by atoms with Crippen molar-refractivity contribution < 1.29 is 40.6 Å². The number of ether oxygens (including phenoxy) is 2. The molecule has 0 aliphatic rings. The Kier molecular flexibility index (Phi) is 6.74. The Morgan fingerprint density at radius 2 is 1.32 bits per heavy atom. The highest BCUT2D eigenvalue weighted by Gasteiger charge is 2.47. The maximum absolute atomic E-state index is 12.5. The molecule has 0 spiro atoms. The van der Waals surface area contributed by atoms with Gasteiger partial charge in [0, 0.05) is 0 Å². The maximum Gasteiger partial charge on any atom is 0.425 e. The monoisotopic (exact) mass is 338 g/mol. The fourth-order valence-corrected chi connectivity index (χ4v) is 1.49. The van der Waals surface area contributed by atoms with Crippen LogP contribution in [0.25, 0.3) is 0 Å². The highest BCUT2D eigenvalue weighted by Crippen LogP contribution is 2.35. The Balaban J connectivity index is 5.06. The molecule has 0 saturated carbocycles. The van der Waals surface area contributed by atoms with Crippen LogP contribution in [0.15, 0.2) is 0 Å². The van der Waals surface area contributed by atoms with E-state index >= 15 is 0 Å². The third-order valence-corrected chi connectivity index (χ3v) is 3.71. The van der Waals surface area contributed by atoms with Crippen molar-refractivity contribution in [3.05, 3.63) is 0 Å². The molecule has 0 rings (SSSR count). The molecule has 0 aliphatic carbocycles. The topological polar surface area (TPSA) is 35.5 Å². The first kappa shape index (κ1) is 21.0. The van der Waals surface area contributed by atoms with Gasteiger partial charge in [-0.25, -0.2) is 0 Å². The molecule has 0 radical (unpaired) electrons. The first-order valence-corrected chi connectivity index (χ1v) is 6.66. The summed E-state index contributed by atoms with van der Waals surface area (Å²) in [6, 6.07) is 0. The molecule has 3 nitrogen and oxygen atoms in total. The molecule has 0 aliphatic heterocycles. The predicted octanol–water partition coefficient (Wildman–Crippen LogP) is 4.25. The van der Waals surface area contributed by atoms with E-state index in [1.54, 1.807) is 0 Å². The van der Waals surface area contributed by atoms with E-state index in [-0.39, 0.29) is 6.42 Å². The summed E-state index contributed by atoms with van der Waals surface area (Å²) < 4.78 is 83.8. The molecule has 0 saturated heterocycles. The fourth-order valence-electron chi connectivity index (χ4n) is 1.49. The van der Waals surface area contributed by atoms with E-state index in [9.17, 15) is 31.1 Å². The minimum absolute atomic E-state index is 0.0395. The van der Waals surface area contributed by atoms with Crippen molar-refractivity contribution in [1.29, 1.82) is 0 Å². The molecule has 132 valence electrons. The first-order chi connectivity index (χ1) is 9.66. The number of rotatable bonds is 6. The molecule has 0 aromatic carbocycles. The van der Waals surface area contributed by atoms with E-state index in [2.05, 4.69) is 4.74 Å². The molecule has 0 fully saturated rings. The number of halogens is 6.